The molecule has 2 N–H and O–H groups in total. The summed E-state index contributed by atoms with van der Waals surface area (Å²) >= 11 is 0. The molecule has 0 aliphatic heterocycles. The van der Waals surface area contributed by atoms with Gasteiger partial charge >= 0.3 is 0 Å². The molecule has 4 nitrogen and oxygen atoms in total. The van der Waals surface area contributed by atoms with Crippen LogP contribution >= 0.6 is 0 Å². The molecule has 0 heterocycles. The predicted molar refractivity (Wildman–Crippen MR) is 107 cm³/mol. The molecule has 0 atom stereocenters. The van der Waals surface area contributed by atoms with Crippen LogP contribution in [-0.2, 0) is 16.6 Å². The van der Waals surface area contributed by atoms with Crippen LogP contribution in [0.2, 0.25) is 0 Å². The number of anilines is 1. The summed E-state index contributed by atoms with van der Waals surface area (Å²) in [5.74, 6) is -0.285. The van der Waals surface area contributed by atoms with E-state index in [0.29, 0.717) is 17.8 Å². The van der Waals surface area contributed by atoms with Crippen LogP contribution in [0.15, 0.2) is 42.5 Å². The van der Waals surface area contributed by atoms with E-state index in [2.05, 4.69) is 55.7 Å². The lowest BCUT2D eigenvalue weighted by molar-refractivity contribution is -0.114. The smallest absolute Gasteiger partial charge is 0.251 e. The van der Waals surface area contributed by atoms with Crippen LogP contribution < -0.4 is 10.6 Å². The maximum Gasteiger partial charge on any atom is 0.251 e. The van der Waals surface area contributed by atoms with E-state index in [4.69, 9.17) is 0 Å². The fraction of sp³-hybridized carbons (Fsp3) is 0.364. The highest BCUT2D eigenvalue weighted by Crippen LogP contribution is 2.22. The first-order valence-electron chi connectivity index (χ1n) is 8.92. The number of aryl methyl sites for hydroxylation is 1. The van der Waals surface area contributed by atoms with Gasteiger partial charge in [0.25, 0.3) is 5.91 Å². The number of hydrogen-bond acceptors (Lipinski definition) is 2. The molecule has 2 rings (SSSR count). The molecule has 0 saturated heterocycles. The van der Waals surface area contributed by atoms with Crippen LogP contribution in [0.4, 0.5) is 5.69 Å². The minimum Gasteiger partial charge on any atom is -0.352 e. The van der Waals surface area contributed by atoms with Gasteiger partial charge in [-0.1, -0.05) is 51.1 Å². The van der Waals surface area contributed by atoms with Crippen LogP contribution in [0, 0.1) is 6.92 Å². The number of benzene rings is 2. The molecular formula is C22H28N2O2. The Morgan fingerprint density at radius 3 is 2.23 bits per heavy atom. The third-order valence-electron chi connectivity index (χ3n) is 4.33. The van der Waals surface area contributed by atoms with E-state index in [9.17, 15) is 9.59 Å². The summed E-state index contributed by atoms with van der Waals surface area (Å²) in [6.07, 6.45) is 0.778. The number of hydrogen-bond donors (Lipinski definition) is 2. The van der Waals surface area contributed by atoms with Gasteiger partial charge in [0.15, 0.2) is 0 Å². The van der Waals surface area contributed by atoms with Gasteiger partial charge in [-0.2, -0.15) is 0 Å². The topological polar surface area (TPSA) is 58.2 Å². The van der Waals surface area contributed by atoms with Gasteiger partial charge in [0.1, 0.15) is 0 Å². The van der Waals surface area contributed by atoms with Crippen molar-refractivity contribution < 1.29 is 9.59 Å². The van der Waals surface area contributed by atoms with Crippen molar-refractivity contribution >= 4 is 17.5 Å². The number of nitrogens with one attached hydrogen (secondary N) is 2. The molecule has 4 heteroatoms. The van der Waals surface area contributed by atoms with Crippen LogP contribution in [0.25, 0.3) is 0 Å². The molecule has 26 heavy (non-hydrogen) atoms. The maximum absolute atomic E-state index is 12.3. The Labute approximate surface area is 156 Å². The van der Waals surface area contributed by atoms with Gasteiger partial charge in [0.2, 0.25) is 5.91 Å². The van der Waals surface area contributed by atoms with E-state index < -0.39 is 0 Å². The minimum atomic E-state index is -0.149. The Bertz CT molecular complexity index is 787. The van der Waals surface area contributed by atoms with Crippen molar-refractivity contribution in [2.45, 2.75) is 46.5 Å². The Morgan fingerprint density at radius 2 is 1.65 bits per heavy atom. The normalized spacial score (nSPS) is 11.1. The zero-order valence-electron chi connectivity index (χ0n) is 16.3. The predicted octanol–water partition coefficient (Wildman–Crippen LogP) is 4.22. The van der Waals surface area contributed by atoms with Gasteiger partial charge in [0.05, 0.1) is 0 Å². The van der Waals surface area contributed by atoms with Gasteiger partial charge in [-0.3, -0.25) is 9.59 Å². The van der Waals surface area contributed by atoms with Crippen LogP contribution in [0.1, 0.15) is 54.7 Å². The van der Waals surface area contributed by atoms with Gasteiger partial charge in [-0.05, 0) is 47.6 Å². The highest BCUT2D eigenvalue weighted by Gasteiger charge is 2.13. The summed E-state index contributed by atoms with van der Waals surface area (Å²) in [7, 11) is 0. The van der Waals surface area contributed by atoms with Crippen molar-refractivity contribution in [3.05, 3.63) is 64.7 Å². The number of amides is 2. The Balaban J connectivity index is 1.93. The average molecular weight is 352 g/mol. The van der Waals surface area contributed by atoms with E-state index in [1.54, 1.807) is 12.1 Å². The van der Waals surface area contributed by atoms with Gasteiger partial charge in [0, 0.05) is 24.7 Å². The first kappa shape index (κ1) is 19.7. The number of carbonyl (C=O) groups is 2. The molecule has 0 radical (unpaired) electrons. The molecule has 0 aliphatic rings. The Kier molecular flexibility index (Phi) is 6.19. The molecule has 0 bridgehead atoms. The van der Waals surface area contributed by atoms with Crippen molar-refractivity contribution in [2.75, 3.05) is 11.9 Å². The summed E-state index contributed by atoms with van der Waals surface area (Å²) < 4.78 is 0. The molecule has 138 valence electrons. The largest absolute Gasteiger partial charge is 0.352 e. The van der Waals surface area contributed by atoms with Crippen molar-refractivity contribution in [3.8, 4) is 0 Å². The Morgan fingerprint density at radius 1 is 1.00 bits per heavy atom. The van der Waals surface area contributed by atoms with Crippen molar-refractivity contribution in [3.63, 3.8) is 0 Å². The van der Waals surface area contributed by atoms with Gasteiger partial charge in [-0.15, -0.1) is 0 Å². The summed E-state index contributed by atoms with van der Waals surface area (Å²) in [6.45, 7) is 10.5. The lowest BCUT2D eigenvalue weighted by Crippen LogP contribution is -2.26. The third kappa shape index (κ3) is 5.45. The fourth-order valence-electron chi connectivity index (χ4n) is 2.68. The zero-order chi connectivity index (χ0) is 19.3. The van der Waals surface area contributed by atoms with E-state index in [1.165, 1.54) is 18.1 Å². The monoisotopic (exact) mass is 352 g/mol. The molecule has 2 aromatic rings. The standard InChI is InChI=1S/C22H28N2O2/c1-15-6-9-18(14-20(15)24-16(2)25)21(26)23-13-12-17-7-10-19(11-8-17)22(3,4)5/h6-11,14H,12-13H2,1-5H3,(H,23,26)(H,24,25). The second-order valence-electron chi connectivity index (χ2n) is 7.66. The molecule has 0 aromatic heterocycles. The lowest BCUT2D eigenvalue weighted by atomic mass is 9.86. The molecular weight excluding hydrogens is 324 g/mol. The number of rotatable bonds is 5. The molecule has 0 aliphatic carbocycles. The summed E-state index contributed by atoms with van der Waals surface area (Å²) in [6, 6.07) is 13.9. The fourth-order valence-corrected chi connectivity index (χ4v) is 2.68. The molecule has 2 amide bonds. The summed E-state index contributed by atoms with van der Waals surface area (Å²) in [5, 5.41) is 5.69. The van der Waals surface area contributed by atoms with E-state index in [0.717, 1.165) is 12.0 Å². The van der Waals surface area contributed by atoms with Gasteiger partial charge < -0.3 is 10.6 Å². The first-order valence-corrected chi connectivity index (χ1v) is 8.92. The lowest BCUT2D eigenvalue weighted by Gasteiger charge is -2.19. The SMILES string of the molecule is CC(=O)Nc1cc(C(=O)NCCc2ccc(C(C)(C)C)cc2)ccc1C. The zero-order valence-corrected chi connectivity index (χ0v) is 16.3. The van der Waals surface area contributed by atoms with Crippen LogP contribution in [0.5, 0.6) is 0 Å². The van der Waals surface area contributed by atoms with Crippen LogP contribution in [0.3, 0.4) is 0 Å². The van der Waals surface area contributed by atoms with E-state index >= 15 is 0 Å². The quantitative estimate of drug-likeness (QED) is 0.846. The van der Waals surface area contributed by atoms with Crippen molar-refractivity contribution in [1.29, 1.82) is 0 Å². The molecule has 0 saturated carbocycles. The first-order chi connectivity index (χ1) is 12.2. The van der Waals surface area contributed by atoms with E-state index in [1.807, 2.05) is 13.0 Å². The second kappa shape index (κ2) is 8.17. The summed E-state index contributed by atoms with van der Waals surface area (Å²) in [5.41, 5.74) is 4.78. The summed E-state index contributed by atoms with van der Waals surface area (Å²) in [4.78, 5) is 23.6. The minimum absolute atomic E-state index is 0.136. The highest BCUT2D eigenvalue weighted by molar-refractivity contribution is 5.97. The number of carbonyl (C=O) groups excluding carboxylic acids is 2. The molecule has 0 unspecified atom stereocenters. The van der Waals surface area contributed by atoms with Crippen molar-refractivity contribution in [1.82, 2.24) is 5.32 Å². The second-order valence-corrected chi connectivity index (χ2v) is 7.66. The highest BCUT2D eigenvalue weighted by atomic mass is 16.2. The molecule has 2 aromatic carbocycles. The Hall–Kier alpha value is -2.62. The molecule has 0 spiro atoms. The van der Waals surface area contributed by atoms with Gasteiger partial charge in [-0.25, -0.2) is 0 Å². The van der Waals surface area contributed by atoms with Crippen molar-refractivity contribution in [2.24, 2.45) is 0 Å². The van der Waals surface area contributed by atoms with Crippen LogP contribution in [-0.4, -0.2) is 18.4 Å². The maximum atomic E-state index is 12.3. The molecule has 0 fully saturated rings. The third-order valence-corrected chi connectivity index (χ3v) is 4.33. The van der Waals surface area contributed by atoms with E-state index in [-0.39, 0.29) is 17.2 Å². The average Bonchev–Trinajstić information content (AvgIpc) is 2.56.